The van der Waals surface area contributed by atoms with Gasteiger partial charge in [-0.05, 0) is 19.8 Å². The van der Waals surface area contributed by atoms with Gasteiger partial charge in [0.2, 0.25) is 0 Å². The quantitative estimate of drug-likeness (QED) is 0.366. The minimum atomic E-state index is -6.85. The van der Waals surface area contributed by atoms with E-state index >= 15 is 0 Å². The van der Waals surface area contributed by atoms with Crippen molar-refractivity contribution in [3.63, 3.8) is 0 Å². The highest BCUT2D eigenvalue weighted by molar-refractivity contribution is 4.93. The van der Waals surface area contributed by atoms with Crippen LogP contribution in [0.25, 0.3) is 0 Å². The first-order valence-corrected chi connectivity index (χ1v) is 6.64. The van der Waals surface area contributed by atoms with Crippen molar-refractivity contribution in [2.75, 3.05) is 0 Å². The summed E-state index contributed by atoms with van der Waals surface area (Å²) >= 11 is 0. The molecule has 0 aliphatic rings. The summed E-state index contributed by atoms with van der Waals surface area (Å²) < 4.78 is 131. The molecule has 1 nitrogen and oxygen atoms in total. The zero-order valence-electron chi connectivity index (χ0n) is 12.8. The van der Waals surface area contributed by atoms with E-state index < -0.39 is 42.3 Å². The second-order valence-corrected chi connectivity index (χ2v) is 5.28. The number of halogens is 10. The molecule has 0 fully saturated rings. The summed E-state index contributed by atoms with van der Waals surface area (Å²) in [5, 5.41) is 0. The maximum atomic E-state index is 13.9. The number of rotatable bonds is 8. The van der Waals surface area contributed by atoms with Gasteiger partial charge in [0.05, 0.1) is 0 Å². The summed E-state index contributed by atoms with van der Waals surface area (Å²) in [7, 11) is 0. The molecule has 2 unspecified atom stereocenters. The van der Waals surface area contributed by atoms with Gasteiger partial charge in [-0.25, -0.2) is 4.39 Å². The molecule has 0 spiro atoms. The zero-order chi connectivity index (χ0) is 19.6. The molecule has 0 aromatic heterocycles. The summed E-state index contributed by atoms with van der Waals surface area (Å²) in [5.74, 6) is -18.3. The molecule has 0 aromatic rings. The Hall–Kier alpha value is -1.00. The zero-order valence-corrected chi connectivity index (χ0v) is 12.8. The van der Waals surface area contributed by atoms with Crippen LogP contribution in [-0.4, -0.2) is 30.0 Å². The smallest absolute Gasteiger partial charge is 0.272 e. The third kappa shape index (κ3) is 4.54. The van der Waals surface area contributed by atoms with E-state index in [-0.39, 0.29) is 13.3 Å². The van der Waals surface area contributed by atoms with Crippen molar-refractivity contribution in [3.8, 4) is 0 Å². The standard InChI is InChI=1S/C13H16F10O/c1-4-5-6-7-8(2)10(15,16)9(3,14)24-13(22,23)11(17,18)12(19,20)21/h4-5,8H,6-7H2,1-3H3/b5-4+. The molecule has 0 aliphatic carbocycles. The van der Waals surface area contributed by atoms with E-state index in [0.717, 1.165) is 6.92 Å². The fourth-order valence-electron chi connectivity index (χ4n) is 1.67. The Morgan fingerprint density at radius 1 is 0.917 bits per heavy atom. The number of ether oxygens (including phenoxy) is 1. The van der Waals surface area contributed by atoms with Gasteiger partial charge in [-0.3, -0.25) is 4.74 Å². The third-order valence-corrected chi connectivity index (χ3v) is 3.26. The van der Waals surface area contributed by atoms with Gasteiger partial charge in [0.25, 0.3) is 5.85 Å². The second kappa shape index (κ2) is 7.09. The van der Waals surface area contributed by atoms with E-state index in [1.807, 2.05) is 0 Å². The molecule has 0 rings (SSSR count). The number of hydrogen-bond acceptors (Lipinski definition) is 1. The van der Waals surface area contributed by atoms with Gasteiger partial charge in [-0.15, -0.1) is 0 Å². The second-order valence-electron chi connectivity index (χ2n) is 5.28. The van der Waals surface area contributed by atoms with Gasteiger partial charge in [0.15, 0.2) is 0 Å². The SMILES string of the molecule is C/C=C/CCC(C)C(F)(F)C(C)(F)OC(F)(F)C(F)(F)C(F)(F)F. The van der Waals surface area contributed by atoms with Crippen molar-refractivity contribution in [1.29, 1.82) is 0 Å². The molecule has 0 saturated heterocycles. The van der Waals surface area contributed by atoms with Crippen LogP contribution in [-0.2, 0) is 4.74 Å². The summed E-state index contributed by atoms with van der Waals surface area (Å²) in [5.41, 5.74) is 0. The van der Waals surface area contributed by atoms with Crippen molar-refractivity contribution in [3.05, 3.63) is 12.2 Å². The molecule has 0 heterocycles. The predicted octanol–water partition coefficient (Wildman–Crippen LogP) is 6.11. The largest absolute Gasteiger partial charge is 0.462 e. The van der Waals surface area contributed by atoms with Crippen molar-refractivity contribution >= 4 is 0 Å². The monoisotopic (exact) mass is 378 g/mol. The Labute approximate surface area is 131 Å². The molecule has 2 atom stereocenters. The Kier molecular flexibility index (Phi) is 6.79. The van der Waals surface area contributed by atoms with Crippen LogP contribution in [0.3, 0.4) is 0 Å². The highest BCUT2D eigenvalue weighted by Gasteiger charge is 2.77. The van der Waals surface area contributed by atoms with Crippen LogP contribution >= 0.6 is 0 Å². The van der Waals surface area contributed by atoms with Crippen LogP contribution < -0.4 is 0 Å². The Bertz CT molecular complexity index is 439. The summed E-state index contributed by atoms with van der Waals surface area (Å²) in [4.78, 5) is 0. The molecule has 0 amide bonds. The van der Waals surface area contributed by atoms with Crippen molar-refractivity contribution in [2.45, 2.75) is 63.6 Å². The van der Waals surface area contributed by atoms with Crippen LogP contribution in [0.15, 0.2) is 12.2 Å². The van der Waals surface area contributed by atoms with E-state index in [9.17, 15) is 43.9 Å². The molecular formula is C13H16F10O. The Morgan fingerprint density at radius 3 is 1.75 bits per heavy atom. The summed E-state index contributed by atoms with van der Waals surface area (Å²) in [6.45, 7) is 1.95. The van der Waals surface area contributed by atoms with Gasteiger partial charge >= 0.3 is 24.1 Å². The first kappa shape index (κ1) is 23.0. The lowest BCUT2D eigenvalue weighted by molar-refractivity contribution is -0.472. The maximum absolute atomic E-state index is 13.9. The highest BCUT2D eigenvalue weighted by atomic mass is 19.4. The van der Waals surface area contributed by atoms with Crippen molar-refractivity contribution in [2.24, 2.45) is 5.92 Å². The van der Waals surface area contributed by atoms with E-state index in [0.29, 0.717) is 0 Å². The Balaban J connectivity index is 5.43. The number of allylic oxidation sites excluding steroid dienone is 2. The van der Waals surface area contributed by atoms with Crippen LogP contribution in [0, 0.1) is 5.92 Å². The van der Waals surface area contributed by atoms with Crippen molar-refractivity contribution < 1.29 is 48.6 Å². The lowest BCUT2D eigenvalue weighted by Gasteiger charge is -2.38. The highest BCUT2D eigenvalue weighted by Crippen LogP contribution is 2.51. The van der Waals surface area contributed by atoms with Gasteiger partial charge in [0.1, 0.15) is 0 Å². The Morgan fingerprint density at radius 2 is 1.38 bits per heavy atom. The van der Waals surface area contributed by atoms with Crippen LogP contribution in [0.1, 0.15) is 33.6 Å². The third-order valence-electron chi connectivity index (χ3n) is 3.26. The molecule has 0 radical (unpaired) electrons. The molecular weight excluding hydrogens is 362 g/mol. The van der Waals surface area contributed by atoms with E-state index in [1.54, 1.807) is 6.92 Å². The van der Waals surface area contributed by atoms with Crippen LogP contribution in [0.2, 0.25) is 0 Å². The van der Waals surface area contributed by atoms with Crippen molar-refractivity contribution in [1.82, 2.24) is 0 Å². The van der Waals surface area contributed by atoms with Crippen LogP contribution in [0.4, 0.5) is 43.9 Å². The van der Waals surface area contributed by atoms with Gasteiger partial charge in [-0.1, -0.05) is 19.1 Å². The number of hydrogen-bond donors (Lipinski definition) is 0. The fourth-order valence-corrected chi connectivity index (χ4v) is 1.67. The maximum Gasteiger partial charge on any atom is 0.462 e. The molecule has 0 saturated carbocycles. The summed E-state index contributed by atoms with van der Waals surface area (Å²) in [6.07, 6.45) is -10.9. The predicted molar refractivity (Wildman–Crippen MR) is 64.7 cm³/mol. The lowest BCUT2D eigenvalue weighted by Crippen LogP contribution is -2.60. The minimum Gasteiger partial charge on any atom is -0.272 e. The average Bonchev–Trinajstić information content (AvgIpc) is 2.35. The molecule has 144 valence electrons. The van der Waals surface area contributed by atoms with E-state index in [1.165, 1.54) is 12.2 Å². The topological polar surface area (TPSA) is 9.23 Å². The molecule has 0 bridgehead atoms. The summed E-state index contributed by atoms with van der Waals surface area (Å²) in [6, 6.07) is 0. The first-order valence-electron chi connectivity index (χ1n) is 6.64. The molecule has 0 aliphatic heterocycles. The van der Waals surface area contributed by atoms with E-state index in [4.69, 9.17) is 0 Å². The van der Waals surface area contributed by atoms with Gasteiger partial charge < -0.3 is 0 Å². The minimum absolute atomic E-state index is 0.0154. The lowest BCUT2D eigenvalue weighted by atomic mass is 9.93. The van der Waals surface area contributed by atoms with Gasteiger partial charge in [-0.2, -0.15) is 39.5 Å². The molecule has 24 heavy (non-hydrogen) atoms. The molecule has 0 aromatic carbocycles. The van der Waals surface area contributed by atoms with E-state index in [2.05, 4.69) is 4.74 Å². The first-order chi connectivity index (χ1) is 10.4. The normalized spacial score (nSPS) is 18.7. The fraction of sp³-hybridized carbons (Fsp3) is 0.846. The average molecular weight is 378 g/mol. The number of alkyl halides is 10. The van der Waals surface area contributed by atoms with Crippen LogP contribution in [0.5, 0.6) is 0 Å². The molecule has 0 N–H and O–H groups in total. The molecule has 11 heteroatoms. The van der Waals surface area contributed by atoms with Gasteiger partial charge in [0, 0.05) is 12.8 Å².